The van der Waals surface area contributed by atoms with Crippen molar-refractivity contribution in [2.45, 2.75) is 40.2 Å². The summed E-state index contributed by atoms with van der Waals surface area (Å²) in [6.07, 6.45) is 0. The maximum absolute atomic E-state index is 11.4. The Hall–Kier alpha value is -1.05. The lowest BCUT2D eigenvalue weighted by atomic mass is 9.80. The molecule has 20 heavy (non-hydrogen) atoms. The number of morpholine rings is 1. The molecule has 0 aromatic carbocycles. The minimum Gasteiger partial charge on any atom is -0.445 e. The summed E-state index contributed by atoms with van der Waals surface area (Å²) in [5.41, 5.74) is -0.683. The van der Waals surface area contributed by atoms with Gasteiger partial charge in [0.1, 0.15) is 19.6 Å². The van der Waals surface area contributed by atoms with E-state index >= 15 is 0 Å². The summed E-state index contributed by atoms with van der Waals surface area (Å²) < 4.78 is 10.9. The molecule has 0 aliphatic carbocycles. The van der Waals surface area contributed by atoms with Gasteiger partial charge in [-0.05, 0) is 11.8 Å². The van der Waals surface area contributed by atoms with E-state index in [1.54, 1.807) is 0 Å². The number of rotatable bonds is 4. The first-order valence-corrected chi connectivity index (χ1v) is 7.49. The number of hydrogen-bond acceptors (Lipinski definition) is 3. The molecule has 0 radical (unpaired) electrons. The molecule has 1 saturated heterocycles. The third-order valence-corrected chi connectivity index (χ3v) is 3.85. The zero-order valence-corrected chi connectivity index (χ0v) is 13.4. The van der Waals surface area contributed by atoms with Gasteiger partial charge in [0.05, 0.1) is 13.2 Å². The van der Waals surface area contributed by atoms with Crippen LogP contribution in [0.3, 0.4) is 0 Å². The Morgan fingerprint density at radius 2 is 1.80 bits per heavy atom. The summed E-state index contributed by atoms with van der Waals surface area (Å²) in [6, 6.07) is 0. The lowest BCUT2D eigenvalue weighted by Gasteiger charge is -2.35. The van der Waals surface area contributed by atoms with E-state index in [1.807, 2.05) is 0 Å². The Balaban J connectivity index is 2.80. The van der Waals surface area contributed by atoms with Crippen LogP contribution in [0.5, 0.6) is 0 Å². The standard InChI is InChI=1S/C16H27NO3/c1-13(2)16(14(3)4,20-15(5)18)7-6-8-17-9-11-19-12-10-17/h13-14H,8-12H2,1-5H3/p+1. The van der Waals surface area contributed by atoms with Crippen molar-refractivity contribution in [3.63, 3.8) is 0 Å². The SMILES string of the molecule is CC(=O)OC(C#CC[NH+]1CCOCC1)(C(C)C)C(C)C. The van der Waals surface area contributed by atoms with Crippen LogP contribution in [0.4, 0.5) is 0 Å². The smallest absolute Gasteiger partial charge is 0.304 e. The topological polar surface area (TPSA) is 40.0 Å². The first kappa shape index (κ1) is 17.0. The van der Waals surface area contributed by atoms with Crippen LogP contribution in [0.25, 0.3) is 0 Å². The molecule has 1 N–H and O–H groups in total. The molecule has 4 nitrogen and oxygen atoms in total. The summed E-state index contributed by atoms with van der Waals surface area (Å²) in [5.74, 6) is 6.57. The summed E-state index contributed by atoms with van der Waals surface area (Å²) >= 11 is 0. The van der Waals surface area contributed by atoms with Gasteiger partial charge in [-0.25, -0.2) is 0 Å². The molecular weight excluding hydrogens is 254 g/mol. The van der Waals surface area contributed by atoms with Gasteiger partial charge in [-0.3, -0.25) is 4.79 Å². The van der Waals surface area contributed by atoms with Gasteiger partial charge >= 0.3 is 5.97 Å². The van der Waals surface area contributed by atoms with E-state index in [1.165, 1.54) is 11.8 Å². The zero-order valence-electron chi connectivity index (χ0n) is 13.4. The van der Waals surface area contributed by atoms with E-state index in [0.29, 0.717) is 0 Å². The van der Waals surface area contributed by atoms with Gasteiger partial charge in [-0.1, -0.05) is 27.7 Å². The quantitative estimate of drug-likeness (QED) is 0.603. The normalized spacial score (nSPS) is 16.9. The maximum Gasteiger partial charge on any atom is 0.304 e. The van der Waals surface area contributed by atoms with Crippen molar-refractivity contribution in [2.75, 3.05) is 32.8 Å². The number of quaternary nitrogens is 1. The molecule has 1 heterocycles. The van der Waals surface area contributed by atoms with Gasteiger partial charge in [0.2, 0.25) is 0 Å². The molecule has 114 valence electrons. The molecule has 0 aromatic heterocycles. The van der Waals surface area contributed by atoms with Gasteiger partial charge in [-0.2, -0.15) is 0 Å². The largest absolute Gasteiger partial charge is 0.445 e. The summed E-state index contributed by atoms with van der Waals surface area (Å²) in [7, 11) is 0. The van der Waals surface area contributed by atoms with Gasteiger partial charge in [0.15, 0.2) is 5.60 Å². The first-order chi connectivity index (χ1) is 9.38. The van der Waals surface area contributed by atoms with E-state index in [4.69, 9.17) is 9.47 Å². The molecule has 1 aliphatic rings. The number of nitrogens with one attached hydrogen (secondary N) is 1. The van der Waals surface area contributed by atoms with Crippen LogP contribution < -0.4 is 4.90 Å². The zero-order chi connectivity index (χ0) is 15.2. The van der Waals surface area contributed by atoms with Gasteiger partial charge in [0.25, 0.3) is 0 Å². The van der Waals surface area contributed by atoms with E-state index < -0.39 is 5.60 Å². The highest BCUT2D eigenvalue weighted by molar-refractivity contribution is 5.67. The fourth-order valence-corrected chi connectivity index (χ4v) is 2.60. The van der Waals surface area contributed by atoms with Crippen LogP contribution in [0.1, 0.15) is 34.6 Å². The Kier molecular flexibility index (Phi) is 6.51. The molecule has 0 amide bonds. The van der Waals surface area contributed by atoms with Crippen molar-refractivity contribution in [1.82, 2.24) is 0 Å². The number of esters is 1. The van der Waals surface area contributed by atoms with Crippen molar-refractivity contribution < 1.29 is 19.2 Å². The van der Waals surface area contributed by atoms with Gasteiger partial charge in [-0.15, -0.1) is 0 Å². The summed E-state index contributed by atoms with van der Waals surface area (Å²) in [6.45, 7) is 14.1. The summed E-state index contributed by atoms with van der Waals surface area (Å²) in [5, 5.41) is 0. The number of carbonyl (C=O) groups excluding carboxylic acids is 1. The van der Waals surface area contributed by atoms with Gasteiger partial charge in [0, 0.05) is 18.8 Å². The van der Waals surface area contributed by atoms with Crippen molar-refractivity contribution in [3.05, 3.63) is 0 Å². The molecule has 0 aromatic rings. The molecule has 1 aliphatic heterocycles. The third-order valence-electron chi connectivity index (χ3n) is 3.85. The molecule has 0 unspecified atom stereocenters. The van der Waals surface area contributed by atoms with Crippen molar-refractivity contribution >= 4 is 5.97 Å². The predicted octanol–water partition coefficient (Wildman–Crippen LogP) is 0.519. The Bertz CT molecular complexity index is 365. The fraction of sp³-hybridized carbons (Fsp3) is 0.812. The molecule has 1 rings (SSSR count). The highest BCUT2D eigenvalue weighted by Gasteiger charge is 2.39. The highest BCUT2D eigenvalue weighted by Crippen LogP contribution is 2.30. The second-order valence-electron chi connectivity index (χ2n) is 6.04. The molecule has 0 saturated carbocycles. The molecule has 4 heteroatoms. The average Bonchev–Trinajstić information content (AvgIpc) is 2.37. The minimum absolute atomic E-state index is 0.165. The third kappa shape index (κ3) is 4.50. The second kappa shape index (κ2) is 7.66. The van der Waals surface area contributed by atoms with Crippen LogP contribution in [0, 0.1) is 23.7 Å². The number of hydrogen-bond donors (Lipinski definition) is 1. The molecular formula is C16H28NO3+. The van der Waals surface area contributed by atoms with E-state index in [-0.39, 0.29) is 17.8 Å². The van der Waals surface area contributed by atoms with Crippen molar-refractivity contribution in [2.24, 2.45) is 11.8 Å². The van der Waals surface area contributed by atoms with Gasteiger partial charge < -0.3 is 14.4 Å². The van der Waals surface area contributed by atoms with E-state index in [9.17, 15) is 4.79 Å². The predicted molar refractivity (Wildman–Crippen MR) is 78.3 cm³/mol. The molecule has 0 spiro atoms. The molecule has 0 bridgehead atoms. The first-order valence-electron chi connectivity index (χ1n) is 7.49. The van der Waals surface area contributed by atoms with E-state index in [2.05, 4.69) is 39.5 Å². The average molecular weight is 282 g/mol. The van der Waals surface area contributed by atoms with Crippen LogP contribution in [0.2, 0.25) is 0 Å². The van der Waals surface area contributed by atoms with Crippen molar-refractivity contribution in [3.8, 4) is 11.8 Å². The van der Waals surface area contributed by atoms with Crippen LogP contribution in [0.15, 0.2) is 0 Å². The van der Waals surface area contributed by atoms with Crippen molar-refractivity contribution in [1.29, 1.82) is 0 Å². The number of ether oxygens (including phenoxy) is 2. The lowest BCUT2D eigenvalue weighted by molar-refractivity contribution is -0.900. The highest BCUT2D eigenvalue weighted by atomic mass is 16.6. The van der Waals surface area contributed by atoms with Crippen LogP contribution >= 0.6 is 0 Å². The Morgan fingerprint density at radius 3 is 2.25 bits per heavy atom. The monoisotopic (exact) mass is 282 g/mol. The minimum atomic E-state index is -0.683. The lowest BCUT2D eigenvalue weighted by Crippen LogP contribution is -3.14. The molecule has 0 atom stereocenters. The molecule has 1 fully saturated rings. The van der Waals surface area contributed by atoms with Crippen LogP contribution in [-0.4, -0.2) is 44.4 Å². The summed E-state index contributed by atoms with van der Waals surface area (Å²) in [4.78, 5) is 12.9. The number of carbonyl (C=O) groups is 1. The maximum atomic E-state index is 11.4. The second-order valence-corrected chi connectivity index (χ2v) is 6.04. The Morgan fingerprint density at radius 1 is 1.25 bits per heavy atom. The Labute approximate surface area is 122 Å². The fourth-order valence-electron chi connectivity index (χ4n) is 2.60. The van der Waals surface area contributed by atoms with Crippen LogP contribution in [-0.2, 0) is 14.3 Å². The van der Waals surface area contributed by atoms with E-state index in [0.717, 1.165) is 32.8 Å².